The predicted molar refractivity (Wildman–Crippen MR) is 79.5 cm³/mol. The molecule has 0 bridgehead atoms. The fourth-order valence-corrected chi connectivity index (χ4v) is 3.19. The second kappa shape index (κ2) is 5.79. The molecular weight excluding hydrogens is 234 g/mol. The number of hydrogen-bond acceptors (Lipinski definition) is 2. The molecule has 3 rings (SSSR count). The molecule has 0 saturated heterocycles. The van der Waals surface area contributed by atoms with Gasteiger partial charge in [-0.25, -0.2) is 0 Å². The molecule has 0 aliphatic heterocycles. The maximum Gasteiger partial charge on any atom is 0.134 e. The highest BCUT2D eigenvalue weighted by Crippen LogP contribution is 2.35. The standard InChI is InChI=1S/C17H23NO/c1-2-10-18-15-8-5-7-13(11-15)17-12-14-6-3-4-9-16(14)19-17/h3-4,6,9,12-13,15,18H,2,5,7-8,10-11H2,1H3. The zero-order valence-electron chi connectivity index (χ0n) is 11.7. The predicted octanol–water partition coefficient (Wildman–Crippen LogP) is 4.46. The number of benzene rings is 1. The lowest BCUT2D eigenvalue weighted by Crippen LogP contribution is -2.33. The maximum atomic E-state index is 6.03. The molecule has 1 aliphatic rings. The Balaban J connectivity index is 1.73. The Morgan fingerprint density at radius 1 is 1.26 bits per heavy atom. The van der Waals surface area contributed by atoms with E-state index in [2.05, 4.69) is 36.5 Å². The summed E-state index contributed by atoms with van der Waals surface area (Å²) in [6.07, 6.45) is 6.33. The van der Waals surface area contributed by atoms with Crippen LogP contribution in [0.5, 0.6) is 0 Å². The van der Waals surface area contributed by atoms with Gasteiger partial charge in [0.15, 0.2) is 0 Å². The van der Waals surface area contributed by atoms with Gasteiger partial charge in [-0.05, 0) is 44.4 Å². The van der Waals surface area contributed by atoms with Crippen molar-refractivity contribution in [2.45, 2.75) is 51.0 Å². The number of rotatable bonds is 4. The van der Waals surface area contributed by atoms with E-state index in [1.807, 2.05) is 6.07 Å². The molecule has 19 heavy (non-hydrogen) atoms. The van der Waals surface area contributed by atoms with Gasteiger partial charge in [-0.2, -0.15) is 0 Å². The Morgan fingerprint density at radius 2 is 2.16 bits per heavy atom. The van der Waals surface area contributed by atoms with Gasteiger partial charge < -0.3 is 9.73 Å². The normalized spacial score (nSPS) is 23.8. The topological polar surface area (TPSA) is 25.2 Å². The number of hydrogen-bond donors (Lipinski definition) is 1. The quantitative estimate of drug-likeness (QED) is 0.875. The fourth-order valence-electron chi connectivity index (χ4n) is 3.19. The van der Waals surface area contributed by atoms with Crippen LogP contribution in [0.3, 0.4) is 0 Å². The van der Waals surface area contributed by atoms with Gasteiger partial charge in [-0.1, -0.05) is 31.5 Å². The average molecular weight is 257 g/mol. The summed E-state index contributed by atoms with van der Waals surface area (Å²) < 4.78 is 6.03. The van der Waals surface area contributed by atoms with Crippen LogP contribution in [0.15, 0.2) is 34.7 Å². The molecule has 1 aliphatic carbocycles. The molecule has 0 amide bonds. The van der Waals surface area contributed by atoms with E-state index < -0.39 is 0 Å². The summed E-state index contributed by atoms with van der Waals surface area (Å²) in [5.41, 5.74) is 1.03. The third-order valence-electron chi connectivity index (χ3n) is 4.20. The third kappa shape index (κ3) is 2.84. The lowest BCUT2D eigenvalue weighted by molar-refractivity contribution is 0.314. The van der Waals surface area contributed by atoms with Crippen molar-refractivity contribution in [2.75, 3.05) is 6.54 Å². The van der Waals surface area contributed by atoms with E-state index >= 15 is 0 Å². The van der Waals surface area contributed by atoms with Crippen LogP contribution in [0.25, 0.3) is 11.0 Å². The highest BCUT2D eigenvalue weighted by molar-refractivity contribution is 5.77. The van der Waals surface area contributed by atoms with Crippen LogP contribution < -0.4 is 5.32 Å². The number of furan rings is 1. The summed E-state index contributed by atoms with van der Waals surface area (Å²) in [6.45, 7) is 3.37. The van der Waals surface area contributed by atoms with Crippen molar-refractivity contribution in [2.24, 2.45) is 0 Å². The summed E-state index contributed by atoms with van der Waals surface area (Å²) in [7, 11) is 0. The zero-order valence-corrected chi connectivity index (χ0v) is 11.7. The molecule has 0 spiro atoms. The van der Waals surface area contributed by atoms with E-state index in [4.69, 9.17) is 4.42 Å². The number of fused-ring (bicyclic) bond motifs is 1. The van der Waals surface area contributed by atoms with Crippen LogP contribution in [-0.2, 0) is 0 Å². The largest absolute Gasteiger partial charge is 0.461 e. The highest BCUT2D eigenvalue weighted by atomic mass is 16.3. The van der Waals surface area contributed by atoms with Gasteiger partial charge in [0.2, 0.25) is 0 Å². The molecule has 2 aromatic rings. The van der Waals surface area contributed by atoms with E-state index in [1.165, 1.54) is 43.3 Å². The Bertz CT molecular complexity index is 498. The minimum atomic E-state index is 0.593. The summed E-state index contributed by atoms with van der Waals surface area (Å²) in [5, 5.41) is 4.90. The molecule has 2 unspecified atom stereocenters. The summed E-state index contributed by atoms with van der Waals surface area (Å²) in [5.74, 6) is 1.78. The lowest BCUT2D eigenvalue weighted by Gasteiger charge is -2.28. The van der Waals surface area contributed by atoms with Crippen molar-refractivity contribution in [1.29, 1.82) is 0 Å². The van der Waals surface area contributed by atoms with Gasteiger partial charge in [0.05, 0.1) is 0 Å². The first-order chi connectivity index (χ1) is 9.36. The Hall–Kier alpha value is -1.28. The SMILES string of the molecule is CCCNC1CCCC(c2cc3ccccc3o2)C1. The molecular formula is C17H23NO. The number of nitrogens with one attached hydrogen (secondary N) is 1. The van der Waals surface area contributed by atoms with Gasteiger partial charge >= 0.3 is 0 Å². The van der Waals surface area contributed by atoms with Crippen molar-refractivity contribution in [3.05, 3.63) is 36.1 Å². The molecule has 1 N–H and O–H groups in total. The van der Waals surface area contributed by atoms with Crippen LogP contribution in [0.2, 0.25) is 0 Å². The van der Waals surface area contributed by atoms with Gasteiger partial charge in [0.1, 0.15) is 11.3 Å². The van der Waals surface area contributed by atoms with E-state index in [0.717, 1.165) is 12.1 Å². The summed E-state index contributed by atoms with van der Waals surface area (Å²) >= 11 is 0. The number of para-hydroxylation sites is 1. The monoisotopic (exact) mass is 257 g/mol. The average Bonchev–Trinajstić information content (AvgIpc) is 2.89. The molecule has 1 fully saturated rings. The maximum absolute atomic E-state index is 6.03. The fraction of sp³-hybridized carbons (Fsp3) is 0.529. The van der Waals surface area contributed by atoms with E-state index in [1.54, 1.807) is 0 Å². The van der Waals surface area contributed by atoms with Gasteiger partial charge in [0, 0.05) is 17.3 Å². The van der Waals surface area contributed by atoms with Crippen LogP contribution >= 0.6 is 0 Å². The molecule has 102 valence electrons. The minimum absolute atomic E-state index is 0.593. The molecule has 0 radical (unpaired) electrons. The van der Waals surface area contributed by atoms with Crippen LogP contribution in [0.4, 0.5) is 0 Å². The van der Waals surface area contributed by atoms with Crippen molar-refractivity contribution in [3.8, 4) is 0 Å². The molecule has 1 aromatic carbocycles. The smallest absolute Gasteiger partial charge is 0.134 e. The van der Waals surface area contributed by atoms with Gasteiger partial charge in [0.25, 0.3) is 0 Å². The van der Waals surface area contributed by atoms with E-state index in [0.29, 0.717) is 12.0 Å². The Kier molecular flexibility index (Phi) is 3.88. The van der Waals surface area contributed by atoms with Crippen LogP contribution in [0.1, 0.15) is 50.7 Å². The molecule has 2 heteroatoms. The van der Waals surface area contributed by atoms with E-state index in [-0.39, 0.29) is 0 Å². The minimum Gasteiger partial charge on any atom is -0.461 e. The summed E-state index contributed by atoms with van der Waals surface area (Å²) in [4.78, 5) is 0. The summed E-state index contributed by atoms with van der Waals surface area (Å²) in [6, 6.07) is 11.2. The first-order valence-corrected chi connectivity index (χ1v) is 7.58. The van der Waals surface area contributed by atoms with Crippen molar-refractivity contribution >= 4 is 11.0 Å². The van der Waals surface area contributed by atoms with E-state index in [9.17, 15) is 0 Å². The van der Waals surface area contributed by atoms with Crippen LogP contribution in [-0.4, -0.2) is 12.6 Å². The van der Waals surface area contributed by atoms with Gasteiger partial charge in [-0.15, -0.1) is 0 Å². The molecule has 1 aromatic heterocycles. The Morgan fingerprint density at radius 3 is 3.00 bits per heavy atom. The third-order valence-corrected chi connectivity index (χ3v) is 4.20. The molecule has 1 heterocycles. The molecule has 1 saturated carbocycles. The first kappa shape index (κ1) is 12.7. The van der Waals surface area contributed by atoms with Gasteiger partial charge in [-0.3, -0.25) is 0 Å². The first-order valence-electron chi connectivity index (χ1n) is 7.58. The van der Waals surface area contributed by atoms with Crippen molar-refractivity contribution in [1.82, 2.24) is 5.32 Å². The Labute approximate surface area is 115 Å². The van der Waals surface area contributed by atoms with Crippen molar-refractivity contribution < 1.29 is 4.42 Å². The lowest BCUT2D eigenvalue weighted by atomic mass is 9.84. The zero-order chi connectivity index (χ0) is 13.1. The highest BCUT2D eigenvalue weighted by Gasteiger charge is 2.25. The van der Waals surface area contributed by atoms with Crippen LogP contribution in [0, 0.1) is 0 Å². The van der Waals surface area contributed by atoms with Crippen molar-refractivity contribution in [3.63, 3.8) is 0 Å². The molecule has 2 nitrogen and oxygen atoms in total. The molecule has 2 atom stereocenters. The second-order valence-electron chi connectivity index (χ2n) is 5.70. The second-order valence-corrected chi connectivity index (χ2v) is 5.70.